The number of unbranched alkanes of at least 4 members (excludes halogenated alkanes) is 1. The predicted molar refractivity (Wildman–Crippen MR) is 78.0 cm³/mol. The highest BCUT2D eigenvalue weighted by atomic mass is 16.5. The molecule has 0 radical (unpaired) electrons. The fraction of sp³-hybridized carbons (Fsp3) is 0.714. The van der Waals surface area contributed by atoms with Crippen LogP contribution < -0.4 is 0 Å². The number of morpholine rings is 1. The van der Waals surface area contributed by atoms with E-state index in [1.807, 2.05) is 6.92 Å². The van der Waals surface area contributed by atoms with Gasteiger partial charge in [-0.1, -0.05) is 18.5 Å². The van der Waals surface area contributed by atoms with Crippen LogP contribution in [0.3, 0.4) is 0 Å². The highest BCUT2D eigenvalue weighted by molar-refractivity contribution is 4.96. The van der Waals surface area contributed by atoms with Gasteiger partial charge in [0.1, 0.15) is 11.9 Å². The Labute approximate surface area is 129 Å². The van der Waals surface area contributed by atoms with Gasteiger partial charge in [-0.15, -0.1) is 0 Å². The van der Waals surface area contributed by atoms with E-state index >= 15 is 0 Å². The Bertz CT molecular complexity index is 596. The first kappa shape index (κ1) is 15.1. The topological polar surface area (TPSA) is 93.0 Å². The van der Waals surface area contributed by atoms with Crippen molar-refractivity contribution < 1.29 is 9.26 Å². The second-order valence-corrected chi connectivity index (χ2v) is 5.58. The van der Waals surface area contributed by atoms with E-state index in [2.05, 4.69) is 37.1 Å². The maximum absolute atomic E-state index is 5.75. The third kappa shape index (κ3) is 3.69. The largest absolute Gasteiger partial charge is 0.367 e. The summed E-state index contributed by atoms with van der Waals surface area (Å²) in [6.07, 6.45) is 2.95. The second kappa shape index (κ2) is 6.97. The van der Waals surface area contributed by atoms with Gasteiger partial charge < -0.3 is 9.26 Å². The lowest BCUT2D eigenvalue weighted by Crippen LogP contribution is -2.38. The van der Waals surface area contributed by atoms with Gasteiger partial charge in [-0.3, -0.25) is 10.00 Å². The fourth-order valence-electron chi connectivity index (χ4n) is 2.49. The Morgan fingerprint density at radius 3 is 3.05 bits per heavy atom. The third-order valence-electron chi connectivity index (χ3n) is 3.67. The summed E-state index contributed by atoms with van der Waals surface area (Å²) in [6, 6.07) is 0. The molecule has 0 aromatic carbocycles. The lowest BCUT2D eigenvalue weighted by molar-refractivity contribution is -0.0379. The summed E-state index contributed by atoms with van der Waals surface area (Å²) in [6.45, 7) is 6.93. The predicted octanol–water partition coefficient (Wildman–Crippen LogP) is 1.41. The van der Waals surface area contributed by atoms with E-state index in [1.54, 1.807) is 0 Å². The molecule has 8 nitrogen and oxygen atoms in total. The fourth-order valence-corrected chi connectivity index (χ4v) is 2.49. The van der Waals surface area contributed by atoms with Crippen molar-refractivity contribution in [2.24, 2.45) is 0 Å². The Balaban J connectivity index is 1.57. The molecule has 3 rings (SSSR count). The number of hydrogen-bond donors (Lipinski definition) is 1. The van der Waals surface area contributed by atoms with Crippen molar-refractivity contribution >= 4 is 0 Å². The summed E-state index contributed by atoms with van der Waals surface area (Å²) in [5.74, 6) is 2.97. The number of H-pyrrole nitrogens is 1. The number of nitrogens with one attached hydrogen (secondary N) is 1. The normalized spacial score (nSPS) is 19.6. The lowest BCUT2D eigenvalue weighted by atomic mass is 10.2. The van der Waals surface area contributed by atoms with Gasteiger partial charge >= 0.3 is 0 Å². The van der Waals surface area contributed by atoms with Crippen molar-refractivity contribution in [1.82, 2.24) is 30.2 Å². The molecular weight excluding hydrogens is 284 g/mol. The average molecular weight is 306 g/mol. The van der Waals surface area contributed by atoms with Gasteiger partial charge in [-0.2, -0.15) is 10.1 Å². The molecule has 0 unspecified atom stereocenters. The summed E-state index contributed by atoms with van der Waals surface area (Å²) in [7, 11) is 0. The number of nitrogens with zero attached hydrogens (tertiary/aromatic N) is 5. The maximum atomic E-state index is 5.75. The zero-order chi connectivity index (χ0) is 15.4. The molecule has 22 heavy (non-hydrogen) atoms. The summed E-state index contributed by atoms with van der Waals surface area (Å²) in [4.78, 5) is 11.0. The molecule has 0 bridgehead atoms. The van der Waals surface area contributed by atoms with Crippen LogP contribution in [0.25, 0.3) is 0 Å². The lowest BCUT2D eigenvalue weighted by Gasteiger charge is -2.30. The van der Waals surface area contributed by atoms with Crippen molar-refractivity contribution in [1.29, 1.82) is 0 Å². The Kier molecular flexibility index (Phi) is 4.79. The zero-order valence-electron chi connectivity index (χ0n) is 13.1. The minimum Gasteiger partial charge on any atom is -0.367 e. The molecular formula is C14H22N6O2. The van der Waals surface area contributed by atoms with Crippen LogP contribution in [0.4, 0.5) is 0 Å². The minimum atomic E-state index is -0.106. The van der Waals surface area contributed by atoms with Gasteiger partial charge in [0.15, 0.2) is 11.6 Å². The van der Waals surface area contributed by atoms with Crippen LogP contribution in [-0.2, 0) is 17.7 Å². The molecule has 2 aromatic rings. The van der Waals surface area contributed by atoms with Crippen LogP contribution >= 0.6 is 0 Å². The van der Waals surface area contributed by atoms with Crippen molar-refractivity contribution in [2.45, 2.75) is 45.8 Å². The van der Waals surface area contributed by atoms with E-state index in [1.165, 1.54) is 0 Å². The molecule has 1 saturated heterocycles. The van der Waals surface area contributed by atoms with Crippen LogP contribution in [0.15, 0.2) is 4.52 Å². The molecule has 3 heterocycles. The van der Waals surface area contributed by atoms with Gasteiger partial charge in [-0.25, -0.2) is 4.98 Å². The SMILES string of the molecule is CCCCc1nc(CN2CCO[C@H](c3n[nH]c(C)n3)C2)no1. The smallest absolute Gasteiger partial charge is 0.226 e. The molecule has 0 amide bonds. The molecule has 1 aliphatic heterocycles. The van der Waals surface area contributed by atoms with E-state index in [4.69, 9.17) is 9.26 Å². The van der Waals surface area contributed by atoms with Crippen molar-refractivity contribution in [3.8, 4) is 0 Å². The highest BCUT2D eigenvalue weighted by Gasteiger charge is 2.26. The van der Waals surface area contributed by atoms with E-state index in [0.29, 0.717) is 19.0 Å². The second-order valence-electron chi connectivity index (χ2n) is 5.58. The van der Waals surface area contributed by atoms with Crippen molar-refractivity contribution in [2.75, 3.05) is 19.7 Å². The summed E-state index contributed by atoms with van der Waals surface area (Å²) >= 11 is 0. The highest BCUT2D eigenvalue weighted by Crippen LogP contribution is 2.20. The Hall–Kier alpha value is -1.80. The van der Waals surface area contributed by atoms with Gasteiger partial charge in [0.05, 0.1) is 13.2 Å². The minimum absolute atomic E-state index is 0.106. The monoisotopic (exact) mass is 306 g/mol. The van der Waals surface area contributed by atoms with E-state index in [9.17, 15) is 0 Å². The van der Waals surface area contributed by atoms with Crippen LogP contribution in [0, 0.1) is 6.92 Å². The molecule has 1 atom stereocenters. The summed E-state index contributed by atoms with van der Waals surface area (Å²) in [5.41, 5.74) is 0. The molecule has 1 N–H and O–H groups in total. The number of aromatic nitrogens is 5. The third-order valence-corrected chi connectivity index (χ3v) is 3.67. The Morgan fingerprint density at radius 1 is 1.36 bits per heavy atom. The Morgan fingerprint density at radius 2 is 2.27 bits per heavy atom. The first-order valence-electron chi connectivity index (χ1n) is 7.79. The van der Waals surface area contributed by atoms with Crippen molar-refractivity contribution in [3.63, 3.8) is 0 Å². The summed E-state index contributed by atoms with van der Waals surface area (Å²) < 4.78 is 11.0. The molecule has 1 fully saturated rings. The molecule has 1 aliphatic rings. The first-order valence-corrected chi connectivity index (χ1v) is 7.79. The van der Waals surface area contributed by atoms with Crippen LogP contribution in [-0.4, -0.2) is 49.9 Å². The van der Waals surface area contributed by atoms with Crippen molar-refractivity contribution in [3.05, 3.63) is 23.4 Å². The molecule has 0 aliphatic carbocycles. The van der Waals surface area contributed by atoms with Gasteiger partial charge in [0, 0.05) is 19.5 Å². The first-order chi connectivity index (χ1) is 10.7. The summed E-state index contributed by atoms with van der Waals surface area (Å²) in [5, 5.41) is 11.1. The quantitative estimate of drug-likeness (QED) is 0.862. The van der Waals surface area contributed by atoms with Crippen LogP contribution in [0.2, 0.25) is 0 Å². The molecule has 0 spiro atoms. The van der Waals surface area contributed by atoms with Gasteiger partial charge in [0.25, 0.3) is 0 Å². The standard InChI is InChI=1S/C14H22N6O2/c1-3-4-5-13-16-12(19-22-13)9-20-6-7-21-11(8-20)14-15-10(2)17-18-14/h11H,3-9H2,1-2H3,(H,15,17,18)/t11-/m0/s1. The van der Waals surface area contributed by atoms with Crippen LogP contribution in [0.1, 0.15) is 49.2 Å². The molecule has 0 saturated carbocycles. The van der Waals surface area contributed by atoms with Gasteiger partial charge in [0.2, 0.25) is 5.89 Å². The van der Waals surface area contributed by atoms with E-state index in [0.717, 1.165) is 49.9 Å². The number of aryl methyl sites for hydroxylation is 2. The molecule has 120 valence electrons. The zero-order valence-corrected chi connectivity index (χ0v) is 13.1. The van der Waals surface area contributed by atoms with E-state index < -0.39 is 0 Å². The number of hydrogen-bond acceptors (Lipinski definition) is 7. The van der Waals surface area contributed by atoms with Crippen LogP contribution in [0.5, 0.6) is 0 Å². The number of rotatable bonds is 6. The maximum Gasteiger partial charge on any atom is 0.226 e. The molecule has 8 heteroatoms. The van der Waals surface area contributed by atoms with Gasteiger partial charge in [-0.05, 0) is 13.3 Å². The average Bonchev–Trinajstić information content (AvgIpc) is 3.15. The van der Waals surface area contributed by atoms with E-state index in [-0.39, 0.29) is 6.10 Å². The molecule has 2 aromatic heterocycles. The number of ether oxygens (including phenoxy) is 1. The number of aromatic amines is 1.